The van der Waals surface area contributed by atoms with Gasteiger partial charge < -0.3 is 14.6 Å². The van der Waals surface area contributed by atoms with E-state index in [0.29, 0.717) is 19.6 Å². The van der Waals surface area contributed by atoms with Crippen molar-refractivity contribution in [2.75, 3.05) is 26.4 Å². The molecule has 1 aliphatic rings. The Morgan fingerprint density at radius 1 is 1.38 bits per heavy atom. The van der Waals surface area contributed by atoms with Crippen LogP contribution in [-0.4, -0.2) is 37.1 Å². The van der Waals surface area contributed by atoms with Crippen LogP contribution in [-0.2, 0) is 9.47 Å². The standard InChI is InChI=1S/C10H20O3/c1-2-6-13-9-10(11)4-3-7-12-8-5-10/h11H,2-9H2,1H3. The smallest absolute Gasteiger partial charge is 0.0902 e. The molecule has 0 bridgehead atoms. The molecule has 3 heteroatoms. The van der Waals surface area contributed by atoms with Crippen LogP contribution in [0.15, 0.2) is 0 Å². The summed E-state index contributed by atoms with van der Waals surface area (Å²) in [5.74, 6) is 0. The molecular formula is C10H20O3. The second-order valence-electron chi connectivity index (χ2n) is 3.74. The van der Waals surface area contributed by atoms with Crippen LogP contribution in [0.4, 0.5) is 0 Å². The number of aliphatic hydroxyl groups is 1. The van der Waals surface area contributed by atoms with Gasteiger partial charge in [0.2, 0.25) is 0 Å². The van der Waals surface area contributed by atoms with Gasteiger partial charge in [-0.2, -0.15) is 0 Å². The Bertz CT molecular complexity index is 128. The van der Waals surface area contributed by atoms with E-state index in [1.807, 2.05) is 0 Å². The van der Waals surface area contributed by atoms with E-state index in [1.54, 1.807) is 0 Å². The predicted molar refractivity (Wildman–Crippen MR) is 50.7 cm³/mol. The molecule has 1 heterocycles. The minimum absolute atomic E-state index is 0.462. The molecule has 1 N–H and O–H groups in total. The average Bonchev–Trinajstić information content (AvgIpc) is 2.31. The third-order valence-electron chi connectivity index (χ3n) is 2.36. The fourth-order valence-corrected chi connectivity index (χ4v) is 1.54. The molecule has 0 saturated carbocycles. The first kappa shape index (κ1) is 11.0. The first-order chi connectivity index (χ1) is 6.27. The van der Waals surface area contributed by atoms with Gasteiger partial charge in [-0.1, -0.05) is 6.92 Å². The maximum Gasteiger partial charge on any atom is 0.0902 e. The lowest BCUT2D eigenvalue weighted by atomic mass is 9.96. The summed E-state index contributed by atoms with van der Waals surface area (Å²) in [4.78, 5) is 0. The normalized spacial score (nSPS) is 30.0. The summed E-state index contributed by atoms with van der Waals surface area (Å²) in [6, 6.07) is 0. The van der Waals surface area contributed by atoms with E-state index < -0.39 is 5.60 Å². The summed E-state index contributed by atoms with van der Waals surface area (Å²) in [5.41, 5.74) is -0.633. The molecule has 0 amide bonds. The highest BCUT2D eigenvalue weighted by Crippen LogP contribution is 2.21. The monoisotopic (exact) mass is 188 g/mol. The van der Waals surface area contributed by atoms with Crippen molar-refractivity contribution in [3.8, 4) is 0 Å². The van der Waals surface area contributed by atoms with E-state index >= 15 is 0 Å². The molecule has 0 aromatic carbocycles. The second kappa shape index (κ2) is 5.58. The fraction of sp³-hybridized carbons (Fsp3) is 1.00. The zero-order valence-electron chi connectivity index (χ0n) is 8.42. The molecule has 0 radical (unpaired) electrons. The second-order valence-corrected chi connectivity index (χ2v) is 3.74. The third kappa shape index (κ3) is 4.07. The van der Waals surface area contributed by atoms with Crippen molar-refractivity contribution in [3.05, 3.63) is 0 Å². The summed E-state index contributed by atoms with van der Waals surface area (Å²) >= 11 is 0. The van der Waals surface area contributed by atoms with Crippen molar-refractivity contribution in [1.82, 2.24) is 0 Å². The highest BCUT2D eigenvalue weighted by molar-refractivity contribution is 4.79. The van der Waals surface area contributed by atoms with E-state index in [0.717, 1.165) is 32.5 Å². The highest BCUT2D eigenvalue weighted by atomic mass is 16.5. The van der Waals surface area contributed by atoms with Crippen LogP contribution >= 0.6 is 0 Å². The Hall–Kier alpha value is -0.120. The summed E-state index contributed by atoms with van der Waals surface area (Å²) in [7, 11) is 0. The number of ether oxygens (including phenoxy) is 2. The number of rotatable bonds is 4. The van der Waals surface area contributed by atoms with E-state index in [-0.39, 0.29) is 0 Å². The van der Waals surface area contributed by atoms with Gasteiger partial charge >= 0.3 is 0 Å². The zero-order valence-corrected chi connectivity index (χ0v) is 8.42. The maximum atomic E-state index is 10.1. The topological polar surface area (TPSA) is 38.7 Å². The largest absolute Gasteiger partial charge is 0.387 e. The Labute approximate surface area is 80.0 Å². The Morgan fingerprint density at radius 3 is 3.00 bits per heavy atom. The lowest BCUT2D eigenvalue weighted by Crippen LogP contribution is -2.34. The Kier molecular flexibility index (Phi) is 4.70. The summed E-state index contributed by atoms with van der Waals surface area (Å²) in [5, 5.41) is 10.1. The summed E-state index contributed by atoms with van der Waals surface area (Å²) in [6.07, 6.45) is 3.45. The molecule has 1 atom stereocenters. The summed E-state index contributed by atoms with van der Waals surface area (Å²) < 4.78 is 10.7. The van der Waals surface area contributed by atoms with Gasteiger partial charge in [0.15, 0.2) is 0 Å². The van der Waals surface area contributed by atoms with Gasteiger partial charge in [-0.25, -0.2) is 0 Å². The van der Waals surface area contributed by atoms with Gasteiger partial charge in [-0.15, -0.1) is 0 Å². The van der Waals surface area contributed by atoms with E-state index in [4.69, 9.17) is 9.47 Å². The molecule has 1 fully saturated rings. The van der Waals surface area contributed by atoms with Crippen LogP contribution in [0, 0.1) is 0 Å². The first-order valence-corrected chi connectivity index (χ1v) is 5.15. The van der Waals surface area contributed by atoms with Crippen molar-refractivity contribution >= 4 is 0 Å². The quantitative estimate of drug-likeness (QED) is 0.677. The van der Waals surface area contributed by atoms with E-state index in [2.05, 4.69) is 6.92 Å². The molecule has 0 aromatic heterocycles. The van der Waals surface area contributed by atoms with Crippen LogP contribution < -0.4 is 0 Å². The minimum atomic E-state index is -0.633. The molecule has 3 nitrogen and oxygen atoms in total. The third-order valence-corrected chi connectivity index (χ3v) is 2.36. The van der Waals surface area contributed by atoms with Crippen molar-refractivity contribution < 1.29 is 14.6 Å². The molecule has 0 aromatic rings. The molecular weight excluding hydrogens is 168 g/mol. The SMILES string of the molecule is CCCOCC1(O)CCCOCC1. The van der Waals surface area contributed by atoms with Gasteiger partial charge in [-0.05, 0) is 19.3 Å². The highest BCUT2D eigenvalue weighted by Gasteiger charge is 2.28. The number of hydrogen-bond acceptors (Lipinski definition) is 3. The van der Waals surface area contributed by atoms with Gasteiger partial charge in [-0.3, -0.25) is 0 Å². The van der Waals surface area contributed by atoms with Gasteiger partial charge in [0.25, 0.3) is 0 Å². The average molecular weight is 188 g/mol. The molecule has 78 valence electrons. The molecule has 0 aliphatic carbocycles. The number of hydrogen-bond donors (Lipinski definition) is 1. The van der Waals surface area contributed by atoms with Crippen LogP contribution in [0.1, 0.15) is 32.6 Å². The van der Waals surface area contributed by atoms with Gasteiger partial charge in [0.1, 0.15) is 0 Å². The van der Waals surface area contributed by atoms with Crippen LogP contribution in [0.5, 0.6) is 0 Å². The maximum absolute atomic E-state index is 10.1. The Balaban J connectivity index is 2.25. The summed E-state index contributed by atoms with van der Waals surface area (Å²) in [6.45, 7) is 4.70. The van der Waals surface area contributed by atoms with Crippen molar-refractivity contribution in [2.24, 2.45) is 0 Å². The zero-order chi connectivity index (χ0) is 9.57. The van der Waals surface area contributed by atoms with Crippen LogP contribution in [0.3, 0.4) is 0 Å². The van der Waals surface area contributed by atoms with Crippen molar-refractivity contribution in [2.45, 2.75) is 38.2 Å². The van der Waals surface area contributed by atoms with Crippen LogP contribution in [0.2, 0.25) is 0 Å². The molecule has 1 saturated heterocycles. The van der Waals surface area contributed by atoms with Crippen LogP contribution in [0.25, 0.3) is 0 Å². The van der Waals surface area contributed by atoms with Gasteiger partial charge in [0.05, 0.1) is 12.2 Å². The van der Waals surface area contributed by atoms with Gasteiger partial charge in [0, 0.05) is 26.2 Å². The lowest BCUT2D eigenvalue weighted by molar-refractivity contribution is -0.0574. The predicted octanol–water partition coefficient (Wildman–Crippen LogP) is 1.34. The molecule has 13 heavy (non-hydrogen) atoms. The molecule has 1 aliphatic heterocycles. The van der Waals surface area contributed by atoms with E-state index in [1.165, 1.54) is 0 Å². The van der Waals surface area contributed by atoms with Crippen molar-refractivity contribution in [1.29, 1.82) is 0 Å². The molecule has 1 unspecified atom stereocenters. The van der Waals surface area contributed by atoms with Crippen molar-refractivity contribution in [3.63, 3.8) is 0 Å². The molecule has 1 rings (SSSR count). The fourth-order valence-electron chi connectivity index (χ4n) is 1.54. The Morgan fingerprint density at radius 2 is 2.23 bits per heavy atom. The first-order valence-electron chi connectivity index (χ1n) is 5.15. The lowest BCUT2D eigenvalue weighted by Gasteiger charge is -2.25. The molecule has 0 spiro atoms. The van der Waals surface area contributed by atoms with E-state index in [9.17, 15) is 5.11 Å². The minimum Gasteiger partial charge on any atom is -0.387 e.